The summed E-state index contributed by atoms with van der Waals surface area (Å²) in [6, 6.07) is 2.29. The molecule has 1 rings (SSSR count). The Morgan fingerprint density at radius 1 is 1.38 bits per heavy atom. The molecule has 1 aliphatic rings. The minimum absolute atomic E-state index is 0.173. The molecule has 3 atom stereocenters. The molecule has 2 nitrogen and oxygen atoms in total. The quantitative estimate of drug-likeness (QED) is 0.739. The van der Waals surface area contributed by atoms with E-state index in [9.17, 15) is 5.11 Å². The summed E-state index contributed by atoms with van der Waals surface area (Å²) in [5.41, 5.74) is -0.702. The highest BCUT2D eigenvalue weighted by molar-refractivity contribution is 4.99. The second-order valence-corrected chi connectivity index (χ2v) is 5.28. The van der Waals surface area contributed by atoms with Crippen molar-refractivity contribution in [3.63, 3.8) is 0 Å². The molecule has 16 heavy (non-hydrogen) atoms. The standard InChI is InChI=1S/C14H25NO/c1-3-6-12-7-5-9-14(16,10-8-12)13(4-2)11-15/h12-13,16H,3-10H2,1-2H3. The monoisotopic (exact) mass is 223 g/mol. The number of hydrogen-bond donors (Lipinski definition) is 1. The predicted octanol–water partition coefficient (Wildman–Crippen LogP) is 3.65. The van der Waals surface area contributed by atoms with Gasteiger partial charge in [0.05, 0.1) is 17.6 Å². The van der Waals surface area contributed by atoms with E-state index in [4.69, 9.17) is 5.26 Å². The third kappa shape index (κ3) is 3.22. The molecule has 0 aromatic rings. The van der Waals surface area contributed by atoms with E-state index < -0.39 is 5.60 Å². The zero-order chi connectivity index (χ0) is 12.0. The third-order valence-electron chi connectivity index (χ3n) is 4.12. The van der Waals surface area contributed by atoms with E-state index in [0.29, 0.717) is 0 Å². The molecule has 0 radical (unpaired) electrons. The highest BCUT2D eigenvalue weighted by Gasteiger charge is 2.37. The molecule has 0 saturated heterocycles. The van der Waals surface area contributed by atoms with Crippen LogP contribution in [0, 0.1) is 23.2 Å². The molecule has 0 aromatic carbocycles. The van der Waals surface area contributed by atoms with Crippen LogP contribution in [0.3, 0.4) is 0 Å². The first kappa shape index (κ1) is 13.5. The number of nitrogens with zero attached hydrogens (tertiary/aromatic N) is 1. The van der Waals surface area contributed by atoms with Crippen molar-refractivity contribution in [3.05, 3.63) is 0 Å². The van der Waals surface area contributed by atoms with Gasteiger partial charge < -0.3 is 5.11 Å². The lowest BCUT2D eigenvalue weighted by Gasteiger charge is -2.30. The van der Waals surface area contributed by atoms with Crippen molar-refractivity contribution < 1.29 is 5.11 Å². The molecule has 1 N–H and O–H groups in total. The second-order valence-electron chi connectivity index (χ2n) is 5.28. The summed E-state index contributed by atoms with van der Waals surface area (Å²) < 4.78 is 0. The molecule has 3 unspecified atom stereocenters. The van der Waals surface area contributed by atoms with Gasteiger partial charge in [0.25, 0.3) is 0 Å². The van der Waals surface area contributed by atoms with Crippen LogP contribution in [0.15, 0.2) is 0 Å². The minimum Gasteiger partial charge on any atom is -0.389 e. The summed E-state index contributed by atoms with van der Waals surface area (Å²) in [7, 11) is 0. The lowest BCUT2D eigenvalue weighted by molar-refractivity contribution is -0.0141. The average molecular weight is 223 g/mol. The molecule has 1 aliphatic carbocycles. The van der Waals surface area contributed by atoms with Gasteiger partial charge >= 0.3 is 0 Å². The van der Waals surface area contributed by atoms with Crippen LogP contribution < -0.4 is 0 Å². The predicted molar refractivity (Wildman–Crippen MR) is 65.8 cm³/mol. The maximum absolute atomic E-state index is 10.6. The molecule has 0 amide bonds. The van der Waals surface area contributed by atoms with E-state index in [-0.39, 0.29) is 5.92 Å². The molecular formula is C14H25NO. The van der Waals surface area contributed by atoms with Crippen LogP contribution in [0.2, 0.25) is 0 Å². The van der Waals surface area contributed by atoms with Crippen LogP contribution in [0.1, 0.15) is 65.2 Å². The third-order valence-corrected chi connectivity index (χ3v) is 4.12. The van der Waals surface area contributed by atoms with Crippen molar-refractivity contribution in [3.8, 4) is 6.07 Å². The lowest BCUT2D eigenvalue weighted by atomic mass is 9.80. The highest BCUT2D eigenvalue weighted by atomic mass is 16.3. The first-order valence-electron chi connectivity index (χ1n) is 6.78. The molecule has 0 aliphatic heterocycles. The molecule has 92 valence electrons. The number of nitriles is 1. The summed E-state index contributed by atoms with van der Waals surface area (Å²) in [6.45, 7) is 4.22. The molecule has 0 aromatic heterocycles. The minimum atomic E-state index is -0.702. The van der Waals surface area contributed by atoms with Crippen molar-refractivity contribution in [1.82, 2.24) is 0 Å². The Balaban J connectivity index is 2.60. The molecular weight excluding hydrogens is 198 g/mol. The van der Waals surface area contributed by atoms with Crippen LogP contribution in [-0.4, -0.2) is 10.7 Å². The smallest absolute Gasteiger partial charge is 0.0805 e. The van der Waals surface area contributed by atoms with Crippen molar-refractivity contribution >= 4 is 0 Å². The molecule has 1 fully saturated rings. The van der Waals surface area contributed by atoms with E-state index in [1.54, 1.807) is 0 Å². The Hall–Kier alpha value is -0.550. The topological polar surface area (TPSA) is 44.0 Å². The van der Waals surface area contributed by atoms with Crippen LogP contribution in [0.5, 0.6) is 0 Å². The van der Waals surface area contributed by atoms with Gasteiger partial charge in [0.1, 0.15) is 0 Å². The Morgan fingerprint density at radius 3 is 2.69 bits per heavy atom. The molecule has 0 bridgehead atoms. The van der Waals surface area contributed by atoms with E-state index in [0.717, 1.165) is 38.0 Å². The van der Waals surface area contributed by atoms with Gasteiger partial charge in [0.2, 0.25) is 0 Å². The SMILES string of the molecule is CCCC1CCCC(O)(C(C#N)CC)CC1. The van der Waals surface area contributed by atoms with Crippen molar-refractivity contribution in [1.29, 1.82) is 5.26 Å². The summed E-state index contributed by atoms with van der Waals surface area (Å²) in [4.78, 5) is 0. The zero-order valence-corrected chi connectivity index (χ0v) is 10.7. The van der Waals surface area contributed by atoms with E-state index in [1.165, 1.54) is 19.3 Å². The molecule has 0 spiro atoms. The largest absolute Gasteiger partial charge is 0.389 e. The van der Waals surface area contributed by atoms with E-state index in [2.05, 4.69) is 13.0 Å². The van der Waals surface area contributed by atoms with Crippen LogP contribution in [0.4, 0.5) is 0 Å². The summed E-state index contributed by atoms with van der Waals surface area (Å²) >= 11 is 0. The summed E-state index contributed by atoms with van der Waals surface area (Å²) in [5, 5.41) is 19.7. The van der Waals surface area contributed by atoms with Gasteiger partial charge in [-0.25, -0.2) is 0 Å². The maximum atomic E-state index is 10.6. The van der Waals surface area contributed by atoms with Crippen molar-refractivity contribution in [2.24, 2.45) is 11.8 Å². The van der Waals surface area contributed by atoms with Gasteiger partial charge in [-0.05, 0) is 31.6 Å². The van der Waals surface area contributed by atoms with Crippen LogP contribution >= 0.6 is 0 Å². The Morgan fingerprint density at radius 2 is 2.12 bits per heavy atom. The van der Waals surface area contributed by atoms with Crippen LogP contribution in [0.25, 0.3) is 0 Å². The Labute approximate surface area is 99.7 Å². The molecule has 1 saturated carbocycles. The van der Waals surface area contributed by atoms with Crippen LogP contribution in [-0.2, 0) is 0 Å². The van der Waals surface area contributed by atoms with Gasteiger partial charge in [0.15, 0.2) is 0 Å². The number of rotatable bonds is 4. The van der Waals surface area contributed by atoms with Gasteiger partial charge in [-0.2, -0.15) is 5.26 Å². The fourth-order valence-corrected chi connectivity index (χ4v) is 3.06. The molecule has 2 heteroatoms. The van der Waals surface area contributed by atoms with Gasteiger partial charge in [-0.3, -0.25) is 0 Å². The van der Waals surface area contributed by atoms with E-state index in [1.807, 2.05) is 6.92 Å². The van der Waals surface area contributed by atoms with Gasteiger partial charge in [-0.1, -0.05) is 39.5 Å². The highest BCUT2D eigenvalue weighted by Crippen LogP contribution is 2.37. The summed E-state index contributed by atoms with van der Waals surface area (Å²) in [6.07, 6.45) is 8.34. The lowest BCUT2D eigenvalue weighted by Crippen LogP contribution is -2.36. The normalized spacial score (nSPS) is 32.8. The zero-order valence-electron chi connectivity index (χ0n) is 10.7. The fraction of sp³-hybridized carbons (Fsp3) is 0.929. The van der Waals surface area contributed by atoms with Gasteiger partial charge in [-0.15, -0.1) is 0 Å². The maximum Gasteiger partial charge on any atom is 0.0805 e. The Bertz CT molecular complexity index is 246. The molecule has 0 heterocycles. The van der Waals surface area contributed by atoms with E-state index >= 15 is 0 Å². The average Bonchev–Trinajstić information content (AvgIpc) is 2.44. The number of aliphatic hydroxyl groups is 1. The second kappa shape index (κ2) is 6.25. The van der Waals surface area contributed by atoms with Crippen molar-refractivity contribution in [2.45, 2.75) is 70.8 Å². The van der Waals surface area contributed by atoms with Gasteiger partial charge in [0, 0.05) is 0 Å². The van der Waals surface area contributed by atoms with Crippen molar-refractivity contribution in [2.75, 3.05) is 0 Å². The number of hydrogen-bond acceptors (Lipinski definition) is 2. The fourth-order valence-electron chi connectivity index (χ4n) is 3.06. The first-order chi connectivity index (χ1) is 7.66. The summed E-state index contributed by atoms with van der Waals surface area (Å²) in [5.74, 6) is 0.600. The first-order valence-corrected chi connectivity index (χ1v) is 6.78. The Kier molecular flexibility index (Phi) is 5.28.